The molecule has 4 rings (SSSR count). The van der Waals surface area contributed by atoms with Crippen molar-refractivity contribution in [3.8, 4) is 17.6 Å². The number of nitrogens with two attached hydrogens (primary N) is 1. The van der Waals surface area contributed by atoms with E-state index in [1.807, 2.05) is 65.8 Å². The van der Waals surface area contributed by atoms with Crippen LogP contribution in [0.4, 0.5) is 5.69 Å². The molecule has 176 valence electrons. The quantitative estimate of drug-likeness (QED) is 0.447. The van der Waals surface area contributed by atoms with Gasteiger partial charge in [-0.2, -0.15) is 5.26 Å². The summed E-state index contributed by atoms with van der Waals surface area (Å²) in [6.45, 7) is 0. The summed E-state index contributed by atoms with van der Waals surface area (Å²) in [6, 6.07) is 25.9. The zero-order valence-electron chi connectivity index (χ0n) is 19.7. The number of ketones is 1. The van der Waals surface area contributed by atoms with Gasteiger partial charge < -0.3 is 20.1 Å². The van der Waals surface area contributed by atoms with Gasteiger partial charge in [0.15, 0.2) is 5.78 Å². The number of ether oxygens (including phenoxy) is 2. The molecular weight excluding hydrogens is 458 g/mol. The van der Waals surface area contributed by atoms with E-state index in [4.69, 9.17) is 15.2 Å². The van der Waals surface area contributed by atoms with Crippen LogP contribution >= 0.6 is 11.8 Å². The lowest BCUT2D eigenvalue weighted by molar-refractivity contribution is 0.103. The summed E-state index contributed by atoms with van der Waals surface area (Å²) >= 11 is 1.42. The van der Waals surface area contributed by atoms with E-state index >= 15 is 0 Å². The lowest BCUT2D eigenvalue weighted by Gasteiger charge is -2.40. The van der Waals surface area contributed by atoms with Crippen molar-refractivity contribution < 1.29 is 14.3 Å². The minimum absolute atomic E-state index is 0.186. The third-order valence-electron chi connectivity index (χ3n) is 5.88. The van der Waals surface area contributed by atoms with E-state index in [1.54, 1.807) is 38.5 Å². The predicted octanol–water partition coefficient (Wildman–Crippen LogP) is 5.46. The van der Waals surface area contributed by atoms with Gasteiger partial charge in [-0.1, -0.05) is 30.3 Å². The number of Topliss-reactive ketones (excluding diaryl/α,β-unsaturated/α-hetero) is 1. The van der Waals surface area contributed by atoms with Crippen LogP contribution in [0.3, 0.4) is 0 Å². The fourth-order valence-electron chi connectivity index (χ4n) is 4.15. The Morgan fingerprint density at radius 3 is 2.03 bits per heavy atom. The maximum atomic E-state index is 13.8. The topological polar surface area (TPSA) is 88.6 Å². The van der Waals surface area contributed by atoms with Crippen LogP contribution < -0.4 is 20.1 Å². The lowest BCUT2D eigenvalue weighted by Crippen LogP contribution is -2.36. The van der Waals surface area contributed by atoms with Gasteiger partial charge in [0.1, 0.15) is 11.5 Å². The Morgan fingerprint density at radius 2 is 1.51 bits per heavy atom. The summed E-state index contributed by atoms with van der Waals surface area (Å²) in [4.78, 5) is 15.8. The number of benzene rings is 3. The van der Waals surface area contributed by atoms with Crippen molar-refractivity contribution in [1.29, 1.82) is 5.26 Å². The molecule has 0 aromatic heterocycles. The summed E-state index contributed by atoms with van der Waals surface area (Å²) < 4.78 is 10.5. The summed E-state index contributed by atoms with van der Waals surface area (Å²) in [6.07, 6.45) is 1.91. The van der Waals surface area contributed by atoms with E-state index in [1.165, 1.54) is 11.8 Å². The minimum atomic E-state index is -0.511. The van der Waals surface area contributed by atoms with Crippen LogP contribution in [0.2, 0.25) is 0 Å². The number of carbonyl (C=O) groups is 1. The number of rotatable bonds is 7. The zero-order chi connectivity index (χ0) is 24.9. The van der Waals surface area contributed by atoms with Crippen molar-refractivity contribution in [2.45, 2.75) is 6.04 Å². The number of allylic oxidation sites excluding steroid dienone is 1. The Labute approximate surface area is 209 Å². The molecule has 2 N–H and O–H groups in total. The molecule has 1 unspecified atom stereocenters. The fraction of sp³-hybridized carbons (Fsp3) is 0.143. The highest BCUT2D eigenvalue weighted by Crippen LogP contribution is 2.46. The molecule has 6 nitrogen and oxygen atoms in total. The fourth-order valence-corrected chi connectivity index (χ4v) is 4.96. The number of methoxy groups -OCH3 is 2. The average molecular weight is 484 g/mol. The van der Waals surface area contributed by atoms with E-state index in [9.17, 15) is 10.1 Å². The van der Waals surface area contributed by atoms with Gasteiger partial charge in [-0.05, 0) is 60.4 Å². The Bertz CT molecular complexity index is 1320. The van der Waals surface area contributed by atoms with E-state index in [0.717, 1.165) is 11.3 Å². The maximum absolute atomic E-state index is 13.8. The summed E-state index contributed by atoms with van der Waals surface area (Å²) in [5.41, 5.74) is 9.58. The molecule has 0 spiro atoms. The Morgan fingerprint density at radius 1 is 0.943 bits per heavy atom. The number of thioether (sulfide) groups is 1. The molecule has 0 aliphatic carbocycles. The van der Waals surface area contributed by atoms with Gasteiger partial charge in [0.05, 0.1) is 48.2 Å². The Balaban J connectivity index is 1.95. The van der Waals surface area contributed by atoms with Crippen LogP contribution in [0.1, 0.15) is 22.0 Å². The first kappa shape index (κ1) is 24.0. The number of carbonyl (C=O) groups excluding carboxylic acids is 1. The van der Waals surface area contributed by atoms with Crippen molar-refractivity contribution in [2.75, 3.05) is 25.4 Å². The second kappa shape index (κ2) is 10.4. The van der Waals surface area contributed by atoms with Gasteiger partial charge in [-0.3, -0.25) is 4.79 Å². The van der Waals surface area contributed by atoms with Crippen LogP contribution in [-0.4, -0.2) is 26.3 Å². The first-order valence-corrected chi connectivity index (χ1v) is 12.1. The minimum Gasteiger partial charge on any atom is -0.497 e. The Kier molecular flexibility index (Phi) is 7.14. The maximum Gasteiger partial charge on any atom is 0.197 e. The number of anilines is 1. The molecule has 1 heterocycles. The van der Waals surface area contributed by atoms with Gasteiger partial charge in [0, 0.05) is 11.3 Å². The molecule has 0 radical (unpaired) electrons. The molecule has 1 aliphatic rings. The number of hydrogen-bond acceptors (Lipinski definition) is 7. The number of para-hydroxylation sites is 1. The second-order valence-electron chi connectivity index (χ2n) is 7.76. The summed E-state index contributed by atoms with van der Waals surface area (Å²) in [5.74, 6) is 1.11. The molecule has 3 aromatic rings. The molecular formula is C28H25N3O3S. The van der Waals surface area contributed by atoms with Gasteiger partial charge >= 0.3 is 0 Å². The van der Waals surface area contributed by atoms with Crippen LogP contribution in [0.25, 0.3) is 0 Å². The van der Waals surface area contributed by atoms with Crippen molar-refractivity contribution in [1.82, 2.24) is 0 Å². The molecule has 35 heavy (non-hydrogen) atoms. The average Bonchev–Trinajstić information content (AvgIpc) is 2.92. The van der Waals surface area contributed by atoms with Gasteiger partial charge in [-0.15, -0.1) is 11.8 Å². The molecule has 3 aromatic carbocycles. The van der Waals surface area contributed by atoms with Crippen LogP contribution in [0, 0.1) is 11.3 Å². The largest absolute Gasteiger partial charge is 0.497 e. The number of nitriles is 1. The zero-order valence-corrected chi connectivity index (χ0v) is 20.5. The molecule has 0 fully saturated rings. The Hall–Kier alpha value is -4.15. The van der Waals surface area contributed by atoms with Crippen LogP contribution in [-0.2, 0) is 0 Å². The van der Waals surface area contributed by atoms with E-state index in [-0.39, 0.29) is 11.5 Å². The first-order valence-electron chi connectivity index (χ1n) is 10.9. The third-order valence-corrected chi connectivity index (χ3v) is 6.67. The van der Waals surface area contributed by atoms with Crippen molar-refractivity contribution >= 4 is 23.2 Å². The summed E-state index contributed by atoms with van der Waals surface area (Å²) in [7, 11) is 3.18. The normalized spacial score (nSPS) is 15.6. The molecule has 0 saturated heterocycles. The first-order chi connectivity index (χ1) is 17.0. The molecule has 1 atom stereocenters. The smallest absolute Gasteiger partial charge is 0.197 e. The molecule has 1 aliphatic heterocycles. The van der Waals surface area contributed by atoms with Gasteiger partial charge in [0.25, 0.3) is 0 Å². The van der Waals surface area contributed by atoms with Gasteiger partial charge in [0.2, 0.25) is 0 Å². The highest BCUT2D eigenvalue weighted by molar-refractivity contribution is 8.02. The van der Waals surface area contributed by atoms with Gasteiger partial charge in [-0.25, -0.2) is 0 Å². The molecule has 0 amide bonds. The highest BCUT2D eigenvalue weighted by Gasteiger charge is 2.38. The lowest BCUT2D eigenvalue weighted by atomic mass is 9.88. The monoisotopic (exact) mass is 483 g/mol. The molecule has 0 bridgehead atoms. The third kappa shape index (κ3) is 4.48. The summed E-state index contributed by atoms with van der Waals surface area (Å²) in [5, 5.41) is 10.9. The van der Waals surface area contributed by atoms with E-state index in [0.29, 0.717) is 33.2 Å². The predicted molar refractivity (Wildman–Crippen MR) is 139 cm³/mol. The SMILES string of the molecule is COc1ccc(C(=O)C2=C(SC)N(c3ccccc3)C(c3ccc(OC)cc3)C(C#N)=C2N)cc1. The molecule has 0 saturated carbocycles. The van der Waals surface area contributed by atoms with Crippen molar-refractivity contribution in [3.63, 3.8) is 0 Å². The number of hydrogen-bond donors (Lipinski definition) is 1. The molecule has 7 heteroatoms. The van der Waals surface area contributed by atoms with Crippen LogP contribution in [0.15, 0.2) is 101 Å². The number of nitrogens with zero attached hydrogens (tertiary/aromatic N) is 2. The van der Waals surface area contributed by atoms with Crippen LogP contribution in [0.5, 0.6) is 11.5 Å². The van der Waals surface area contributed by atoms with E-state index < -0.39 is 6.04 Å². The standard InChI is InChI=1S/C28H25N3O3S/c1-33-21-13-9-18(10-14-21)26-23(17-29)25(30)24(27(32)19-11-15-22(34-2)16-12-19)28(35-3)31(26)20-7-5-4-6-8-20/h4-16,26H,30H2,1-3H3. The second-order valence-corrected chi connectivity index (χ2v) is 8.56. The van der Waals surface area contributed by atoms with Crippen molar-refractivity contribution in [2.24, 2.45) is 5.73 Å². The van der Waals surface area contributed by atoms with Crippen molar-refractivity contribution in [3.05, 3.63) is 112 Å². The van der Waals surface area contributed by atoms with E-state index in [2.05, 4.69) is 6.07 Å². The highest BCUT2D eigenvalue weighted by atomic mass is 32.2.